The highest BCUT2D eigenvalue weighted by molar-refractivity contribution is 9.10. The topological polar surface area (TPSA) is 90.2 Å². The molecule has 0 saturated carbocycles. The smallest absolute Gasteiger partial charge is 0.340 e. The van der Waals surface area contributed by atoms with Crippen LogP contribution in [-0.4, -0.2) is 41.6 Å². The number of aromatic hydroxyl groups is 2. The van der Waals surface area contributed by atoms with Crippen molar-refractivity contribution < 1.29 is 29.2 Å². The molecule has 1 aliphatic heterocycles. The van der Waals surface area contributed by atoms with E-state index < -0.39 is 5.97 Å². The average Bonchev–Trinajstić information content (AvgIpc) is 3.09. The van der Waals surface area contributed by atoms with Gasteiger partial charge in [-0.2, -0.15) is 0 Å². The summed E-state index contributed by atoms with van der Waals surface area (Å²) >= 11 is 3.28. The fourth-order valence-electron chi connectivity index (χ4n) is 4.36. The number of carbonyl (C=O) groups is 1. The molecule has 2 heterocycles. The van der Waals surface area contributed by atoms with Gasteiger partial charge in [-0.3, -0.25) is 0 Å². The van der Waals surface area contributed by atoms with Gasteiger partial charge < -0.3 is 29.0 Å². The Hall–Kier alpha value is -3.13. The lowest BCUT2D eigenvalue weighted by Crippen LogP contribution is -2.15. The normalized spacial score (nSPS) is 12.2. The van der Waals surface area contributed by atoms with E-state index in [-0.39, 0.29) is 18.1 Å². The maximum atomic E-state index is 13.2. The molecular weight excluding hydrogens is 478 g/mol. The summed E-state index contributed by atoms with van der Waals surface area (Å²) in [5, 5.41) is 20.2. The Bertz CT molecular complexity index is 1210. The summed E-state index contributed by atoms with van der Waals surface area (Å²) in [6, 6.07) is 6.96. The lowest BCUT2D eigenvalue weighted by atomic mass is 9.93. The number of rotatable bonds is 5. The van der Waals surface area contributed by atoms with Gasteiger partial charge in [0, 0.05) is 23.4 Å². The molecule has 32 heavy (non-hydrogen) atoms. The SMILES string of the molecule is CCOC(=O)c1c(-c2cc(O)c(O)c(Br)c2)c(C)n2c1-c1cc(OC)c(OC)cc1CC2. The van der Waals surface area contributed by atoms with Crippen molar-refractivity contribution in [2.75, 3.05) is 20.8 Å². The van der Waals surface area contributed by atoms with E-state index in [2.05, 4.69) is 20.5 Å². The first-order valence-corrected chi connectivity index (χ1v) is 11.0. The number of hydrogen-bond acceptors (Lipinski definition) is 6. The number of benzene rings is 2. The van der Waals surface area contributed by atoms with Crippen molar-refractivity contribution in [3.63, 3.8) is 0 Å². The number of methoxy groups -OCH3 is 2. The third-order valence-corrected chi connectivity index (χ3v) is 6.41. The van der Waals surface area contributed by atoms with Crippen LogP contribution in [0, 0.1) is 6.92 Å². The van der Waals surface area contributed by atoms with E-state index in [1.54, 1.807) is 27.2 Å². The molecule has 0 saturated heterocycles. The molecule has 0 amide bonds. The second-order valence-electron chi connectivity index (χ2n) is 7.50. The Morgan fingerprint density at radius 2 is 1.81 bits per heavy atom. The molecule has 3 aromatic rings. The van der Waals surface area contributed by atoms with Crippen LogP contribution >= 0.6 is 15.9 Å². The molecule has 1 aromatic heterocycles. The summed E-state index contributed by atoms with van der Waals surface area (Å²) < 4.78 is 18.8. The van der Waals surface area contributed by atoms with E-state index in [9.17, 15) is 15.0 Å². The second kappa shape index (κ2) is 8.43. The molecule has 168 valence electrons. The van der Waals surface area contributed by atoms with Crippen molar-refractivity contribution in [1.29, 1.82) is 0 Å². The fourth-order valence-corrected chi connectivity index (χ4v) is 4.81. The summed E-state index contributed by atoms with van der Waals surface area (Å²) in [6.07, 6.45) is 0.754. The number of esters is 1. The summed E-state index contributed by atoms with van der Waals surface area (Å²) in [5.41, 5.74) is 5.17. The number of aryl methyl sites for hydroxylation is 1. The zero-order valence-corrected chi connectivity index (χ0v) is 19.9. The number of halogens is 1. The van der Waals surface area contributed by atoms with Gasteiger partial charge in [0.2, 0.25) is 0 Å². The van der Waals surface area contributed by atoms with Gasteiger partial charge >= 0.3 is 5.97 Å². The predicted molar refractivity (Wildman–Crippen MR) is 124 cm³/mol. The van der Waals surface area contributed by atoms with Crippen molar-refractivity contribution in [3.8, 4) is 45.4 Å². The molecule has 8 heteroatoms. The molecule has 0 aliphatic carbocycles. The summed E-state index contributed by atoms with van der Waals surface area (Å²) in [5.74, 6) is 0.216. The lowest BCUT2D eigenvalue weighted by molar-refractivity contribution is 0.0528. The van der Waals surface area contributed by atoms with E-state index in [0.717, 1.165) is 28.9 Å². The van der Waals surface area contributed by atoms with Crippen LogP contribution in [0.5, 0.6) is 23.0 Å². The Kier molecular flexibility index (Phi) is 5.81. The van der Waals surface area contributed by atoms with Gasteiger partial charge in [-0.15, -0.1) is 0 Å². The van der Waals surface area contributed by atoms with Crippen molar-refractivity contribution >= 4 is 21.9 Å². The average molecular weight is 502 g/mol. The maximum absolute atomic E-state index is 13.2. The molecule has 2 aromatic carbocycles. The van der Waals surface area contributed by atoms with E-state index in [0.29, 0.717) is 39.2 Å². The molecule has 4 rings (SSSR count). The second-order valence-corrected chi connectivity index (χ2v) is 8.35. The fraction of sp³-hybridized carbons (Fsp3) is 0.292. The first-order chi connectivity index (χ1) is 15.3. The highest BCUT2D eigenvalue weighted by atomic mass is 79.9. The molecule has 7 nitrogen and oxygen atoms in total. The van der Waals surface area contributed by atoms with Crippen molar-refractivity contribution in [3.05, 3.63) is 45.6 Å². The zero-order valence-electron chi connectivity index (χ0n) is 18.3. The van der Waals surface area contributed by atoms with E-state index in [1.165, 1.54) is 6.07 Å². The molecule has 2 N–H and O–H groups in total. The van der Waals surface area contributed by atoms with Crippen LogP contribution in [0.4, 0.5) is 0 Å². The Morgan fingerprint density at radius 1 is 1.12 bits per heavy atom. The van der Waals surface area contributed by atoms with Crippen LogP contribution < -0.4 is 9.47 Å². The molecular formula is C24H24BrNO6. The first kappa shape index (κ1) is 22.1. The van der Waals surface area contributed by atoms with Gasteiger partial charge in [-0.25, -0.2) is 4.79 Å². The van der Waals surface area contributed by atoms with Gasteiger partial charge in [0.05, 0.1) is 36.6 Å². The molecule has 0 atom stereocenters. The van der Waals surface area contributed by atoms with Crippen molar-refractivity contribution in [1.82, 2.24) is 4.57 Å². The van der Waals surface area contributed by atoms with Crippen LogP contribution in [0.3, 0.4) is 0 Å². The van der Waals surface area contributed by atoms with Gasteiger partial charge in [0.15, 0.2) is 23.0 Å². The number of carbonyl (C=O) groups excluding carboxylic acids is 1. The van der Waals surface area contributed by atoms with Gasteiger partial charge in [-0.05, 0) is 71.6 Å². The lowest BCUT2D eigenvalue weighted by Gasteiger charge is -2.23. The highest BCUT2D eigenvalue weighted by Gasteiger charge is 2.32. The quantitative estimate of drug-likeness (QED) is 0.375. The van der Waals surface area contributed by atoms with Crippen LogP contribution in [0.25, 0.3) is 22.4 Å². The van der Waals surface area contributed by atoms with Crippen LogP contribution in [0.1, 0.15) is 28.5 Å². The maximum Gasteiger partial charge on any atom is 0.340 e. The summed E-state index contributed by atoms with van der Waals surface area (Å²) in [6.45, 7) is 4.59. The van der Waals surface area contributed by atoms with Crippen LogP contribution in [-0.2, 0) is 17.7 Å². The minimum absolute atomic E-state index is 0.227. The van der Waals surface area contributed by atoms with Gasteiger partial charge in [-0.1, -0.05) is 0 Å². The van der Waals surface area contributed by atoms with E-state index in [4.69, 9.17) is 14.2 Å². The summed E-state index contributed by atoms with van der Waals surface area (Å²) in [7, 11) is 3.17. The largest absolute Gasteiger partial charge is 0.504 e. The molecule has 0 spiro atoms. The Morgan fingerprint density at radius 3 is 2.44 bits per heavy atom. The molecule has 0 radical (unpaired) electrons. The molecule has 1 aliphatic rings. The van der Waals surface area contributed by atoms with E-state index in [1.807, 2.05) is 19.1 Å². The third kappa shape index (κ3) is 3.39. The molecule has 0 unspecified atom stereocenters. The van der Waals surface area contributed by atoms with Crippen molar-refractivity contribution in [2.45, 2.75) is 26.8 Å². The minimum atomic E-state index is -0.453. The van der Waals surface area contributed by atoms with Crippen molar-refractivity contribution in [2.24, 2.45) is 0 Å². The number of fused-ring (bicyclic) bond motifs is 3. The standard InChI is InChI=1S/C24H24BrNO6/c1-5-32-24(29)21-20(14-8-16(25)23(28)17(27)9-14)12(2)26-7-6-13-10-18(30-3)19(31-4)11-15(13)22(21)26/h8-11,27-28H,5-7H2,1-4H3. The van der Waals surface area contributed by atoms with Crippen LogP contribution in [0.2, 0.25) is 0 Å². The predicted octanol–water partition coefficient (Wildman–Crippen LogP) is 5.05. The number of hydrogen-bond donors (Lipinski definition) is 2. The first-order valence-electron chi connectivity index (χ1n) is 10.2. The minimum Gasteiger partial charge on any atom is -0.504 e. The summed E-state index contributed by atoms with van der Waals surface area (Å²) in [4.78, 5) is 13.2. The Balaban J connectivity index is 2.06. The number of ether oxygens (including phenoxy) is 3. The number of phenols is 2. The zero-order chi connectivity index (χ0) is 23.2. The monoisotopic (exact) mass is 501 g/mol. The highest BCUT2D eigenvalue weighted by Crippen LogP contribution is 2.47. The van der Waals surface area contributed by atoms with E-state index >= 15 is 0 Å². The molecule has 0 fully saturated rings. The number of aromatic nitrogens is 1. The number of phenolic OH excluding ortho intramolecular Hbond substituents is 2. The Labute approximate surface area is 194 Å². The van der Waals surface area contributed by atoms with Gasteiger partial charge in [0.25, 0.3) is 0 Å². The molecule has 0 bridgehead atoms. The third-order valence-electron chi connectivity index (χ3n) is 5.80. The number of nitrogens with zero attached hydrogens (tertiary/aromatic N) is 1. The van der Waals surface area contributed by atoms with Gasteiger partial charge in [0.1, 0.15) is 0 Å². The van der Waals surface area contributed by atoms with Crippen LogP contribution in [0.15, 0.2) is 28.7 Å².